The van der Waals surface area contributed by atoms with Crippen molar-refractivity contribution in [2.45, 2.75) is 19.4 Å². The molecule has 2 aliphatic carbocycles. The molecule has 106 valence electrons. The number of carboxylic acids is 1. The fourth-order valence-corrected chi connectivity index (χ4v) is 4.01. The highest BCUT2D eigenvalue weighted by molar-refractivity contribution is 7.98. The third-order valence-electron chi connectivity index (χ3n) is 4.45. The summed E-state index contributed by atoms with van der Waals surface area (Å²) in [5, 5.41) is 9.37. The van der Waals surface area contributed by atoms with Crippen molar-refractivity contribution in [1.29, 1.82) is 0 Å². The summed E-state index contributed by atoms with van der Waals surface area (Å²) in [5.74, 6) is -0.722. The van der Waals surface area contributed by atoms with Gasteiger partial charge >= 0.3 is 5.97 Å². The van der Waals surface area contributed by atoms with Gasteiger partial charge in [0.2, 0.25) is 5.91 Å². The van der Waals surface area contributed by atoms with Crippen molar-refractivity contribution in [1.82, 2.24) is 4.90 Å². The molecule has 0 aliphatic heterocycles. The van der Waals surface area contributed by atoms with Crippen molar-refractivity contribution in [3.8, 4) is 0 Å². The van der Waals surface area contributed by atoms with Gasteiger partial charge < -0.3 is 10.0 Å². The summed E-state index contributed by atoms with van der Waals surface area (Å²) in [5.41, 5.74) is 0. The normalized spacial score (nSPS) is 33.4. The molecule has 0 spiro atoms. The number of aliphatic carboxylic acids is 1. The Kier molecular flexibility index (Phi) is 4.23. The minimum absolute atomic E-state index is 0.00852. The van der Waals surface area contributed by atoms with Crippen LogP contribution >= 0.6 is 11.8 Å². The second-order valence-corrected chi connectivity index (χ2v) is 6.50. The molecule has 1 N–H and O–H groups in total. The third-order valence-corrected chi connectivity index (χ3v) is 5.26. The topological polar surface area (TPSA) is 57.6 Å². The molecule has 0 radical (unpaired) electrons. The first-order chi connectivity index (χ1) is 8.97. The van der Waals surface area contributed by atoms with Gasteiger partial charge in [-0.3, -0.25) is 9.59 Å². The SMILES string of the molecule is CSCC(C)N(C)C(=O)C1C2C=CC(C2)C1C(=O)O. The highest BCUT2D eigenvalue weighted by atomic mass is 32.2. The van der Waals surface area contributed by atoms with Gasteiger partial charge in [0.15, 0.2) is 0 Å². The first kappa shape index (κ1) is 14.4. The maximum atomic E-state index is 12.6. The van der Waals surface area contributed by atoms with Gasteiger partial charge in [-0.15, -0.1) is 0 Å². The first-order valence-corrected chi connectivity index (χ1v) is 8.03. The van der Waals surface area contributed by atoms with Crippen molar-refractivity contribution in [2.75, 3.05) is 19.1 Å². The standard InChI is InChI=1S/C14H21NO3S/c1-8(7-19-3)15(2)13(16)11-9-4-5-10(6-9)12(11)14(17)18/h4-5,8-12H,6-7H2,1-3H3,(H,17,18). The number of allylic oxidation sites excluding steroid dienone is 2. The number of nitrogens with zero attached hydrogens (tertiary/aromatic N) is 1. The lowest BCUT2D eigenvalue weighted by Crippen LogP contribution is -2.45. The van der Waals surface area contributed by atoms with E-state index >= 15 is 0 Å². The molecular formula is C14H21NO3S. The van der Waals surface area contributed by atoms with Crippen molar-refractivity contribution in [3.63, 3.8) is 0 Å². The van der Waals surface area contributed by atoms with E-state index in [9.17, 15) is 14.7 Å². The Balaban J connectivity index is 2.14. The lowest BCUT2D eigenvalue weighted by atomic mass is 9.82. The Morgan fingerprint density at radius 1 is 1.37 bits per heavy atom. The van der Waals surface area contributed by atoms with Crippen LogP contribution in [0.4, 0.5) is 0 Å². The zero-order valence-electron chi connectivity index (χ0n) is 11.6. The Bertz CT molecular complexity index is 409. The quantitative estimate of drug-likeness (QED) is 0.781. The molecule has 4 nitrogen and oxygen atoms in total. The summed E-state index contributed by atoms with van der Waals surface area (Å²) in [6, 6.07) is 0.139. The van der Waals surface area contributed by atoms with E-state index in [1.54, 1.807) is 23.7 Å². The Morgan fingerprint density at radius 2 is 1.95 bits per heavy atom. The average Bonchev–Trinajstić information content (AvgIpc) is 2.97. The molecule has 5 atom stereocenters. The van der Waals surface area contributed by atoms with E-state index in [1.165, 1.54) is 0 Å². The molecule has 1 fully saturated rings. The van der Waals surface area contributed by atoms with Crippen molar-refractivity contribution in [3.05, 3.63) is 12.2 Å². The van der Waals surface area contributed by atoms with Crippen molar-refractivity contribution < 1.29 is 14.7 Å². The molecular weight excluding hydrogens is 262 g/mol. The van der Waals surface area contributed by atoms with E-state index in [1.807, 2.05) is 25.3 Å². The summed E-state index contributed by atoms with van der Waals surface area (Å²) in [6.45, 7) is 2.01. The van der Waals surface area contributed by atoms with E-state index in [0.29, 0.717) is 0 Å². The van der Waals surface area contributed by atoms with Crippen LogP contribution in [0.15, 0.2) is 12.2 Å². The number of fused-ring (bicyclic) bond motifs is 2. The summed E-state index contributed by atoms with van der Waals surface area (Å²) in [6.07, 6.45) is 6.82. The summed E-state index contributed by atoms with van der Waals surface area (Å²) < 4.78 is 0. The third kappa shape index (κ3) is 2.53. The maximum Gasteiger partial charge on any atom is 0.307 e. The number of carboxylic acid groups (broad SMARTS) is 1. The first-order valence-electron chi connectivity index (χ1n) is 6.64. The predicted octanol–water partition coefficient (Wildman–Crippen LogP) is 1.72. The van der Waals surface area contributed by atoms with Gasteiger partial charge in [0.05, 0.1) is 11.8 Å². The zero-order chi connectivity index (χ0) is 14.2. The van der Waals surface area contributed by atoms with E-state index in [0.717, 1.165) is 12.2 Å². The molecule has 0 heterocycles. The number of rotatable bonds is 5. The molecule has 0 saturated heterocycles. The highest BCUT2D eigenvalue weighted by Gasteiger charge is 2.52. The van der Waals surface area contributed by atoms with E-state index in [4.69, 9.17) is 0 Å². The zero-order valence-corrected chi connectivity index (χ0v) is 12.4. The van der Waals surface area contributed by atoms with E-state index in [2.05, 4.69) is 0 Å². The van der Waals surface area contributed by atoms with Gasteiger partial charge in [-0.1, -0.05) is 12.2 Å². The lowest BCUT2D eigenvalue weighted by molar-refractivity contribution is -0.151. The van der Waals surface area contributed by atoms with Crippen LogP contribution in [0.5, 0.6) is 0 Å². The van der Waals surface area contributed by atoms with Crippen molar-refractivity contribution >= 4 is 23.6 Å². The number of carbonyl (C=O) groups excluding carboxylic acids is 1. The van der Waals surface area contributed by atoms with Crippen LogP contribution in [0.1, 0.15) is 13.3 Å². The number of thioether (sulfide) groups is 1. The second-order valence-electron chi connectivity index (χ2n) is 5.59. The van der Waals surface area contributed by atoms with Crippen LogP contribution in [-0.4, -0.2) is 47.0 Å². The lowest BCUT2D eigenvalue weighted by Gasteiger charge is -2.31. The molecule has 0 aromatic carbocycles. The number of carbonyl (C=O) groups is 2. The molecule has 5 unspecified atom stereocenters. The molecule has 2 rings (SSSR count). The monoisotopic (exact) mass is 283 g/mol. The molecule has 1 saturated carbocycles. The summed E-state index contributed by atoms with van der Waals surface area (Å²) >= 11 is 1.70. The summed E-state index contributed by atoms with van der Waals surface area (Å²) in [7, 11) is 1.79. The second kappa shape index (κ2) is 5.57. The van der Waals surface area contributed by atoms with Gasteiger partial charge in [-0.25, -0.2) is 0 Å². The van der Waals surface area contributed by atoms with Crippen LogP contribution in [-0.2, 0) is 9.59 Å². The molecule has 19 heavy (non-hydrogen) atoms. The number of hydrogen-bond donors (Lipinski definition) is 1. The summed E-state index contributed by atoms with van der Waals surface area (Å²) in [4.78, 5) is 25.7. The number of hydrogen-bond acceptors (Lipinski definition) is 3. The van der Waals surface area contributed by atoms with Crippen LogP contribution in [0.2, 0.25) is 0 Å². The molecule has 0 aromatic rings. The number of amides is 1. The van der Waals surface area contributed by atoms with Gasteiger partial charge in [-0.2, -0.15) is 11.8 Å². The smallest absolute Gasteiger partial charge is 0.307 e. The fraction of sp³-hybridized carbons (Fsp3) is 0.714. The Labute approximate surface area is 118 Å². The van der Waals surface area contributed by atoms with E-state index < -0.39 is 11.9 Å². The Hall–Kier alpha value is -0.970. The highest BCUT2D eigenvalue weighted by Crippen LogP contribution is 2.48. The van der Waals surface area contributed by atoms with E-state index in [-0.39, 0.29) is 29.7 Å². The maximum absolute atomic E-state index is 12.6. The Morgan fingerprint density at radius 3 is 2.47 bits per heavy atom. The molecule has 5 heteroatoms. The predicted molar refractivity (Wildman–Crippen MR) is 76.0 cm³/mol. The van der Waals surface area contributed by atoms with Crippen LogP contribution < -0.4 is 0 Å². The van der Waals surface area contributed by atoms with Crippen LogP contribution in [0.25, 0.3) is 0 Å². The molecule has 2 bridgehead atoms. The molecule has 0 aromatic heterocycles. The van der Waals surface area contributed by atoms with Crippen LogP contribution in [0, 0.1) is 23.7 Å². The average molecular weight is 283 g/mol. The fourth-order valence-electron chi connectivity index (χ4n) is 3.30. The largest absolute Gasteiger partial charge is 0.481 e. The van der Waals surface area contributed by atoms with Gasteiger partial charge in [0, 0.05) is 18.8 Å². The van der Waals surface area contributed by atoms with Crippen molar-refractivity contribution in [2.24, 2.45) is 23.7 Å². The van der Waals surface area contributed by atoms with Gasteiger partial charge in [0.25, 0.3) is 0 Å². The molecule has 2 aliphatic rings. The van der Waals surface area contributed by atoms with Gasteiger partial charge in [-0.05, 0) is 31.4 Å². The molecule has 1 amide bonds. The van der Waals surface area contributed by atoms with Crippen LogP contribution in [0.3, 0.4) is 0 Å². The minimum atomic E-state index is -0.832. The van der Waals surface area contributed by atoms with Gasteiger partial charge in [0.1, 0.15) is 0 Å². The minimum Gasteiger partial charge on any atom is -0.481 e.